The minimum atomic E-state index is -3.43. The molecule has 0 aromatic carbocycles. The number of anilines is 1. The summed E-state index contributed by atoms with van der Waals surface area (Å²) >= 11 is 1.35. The van der Waals surface area contributed by atoms with Gasteiger partial charge in [0, 0.05) is 38.0 Å². The molecule has 0 spiro atoms. The molecule has 2 N–H and O–H groups in total. The van der Waals surface area contributed by atoms with Crippen molar-refractivity contribution in [2.24, 2.45) is 0 Å². The third-order valence-electron chi connectivity index (χ3n) is 4.39. The Bertz CT molecular complexity index is 710. The maximum absolute atomic E-state index is 12.2. The van der Waals surface area contributed by atoms with Crippen molar-refractivity contribution in [2.45, 2.75) is 44.7 Å². The smallest absolute Gasteiger partial charge is 0.321 e. The number of nitrogens with one attached hydrogen (secondary N) is 2. The largest absolute Gasteiger partial charge is 0.335 e. The topological polar surface area (TPSA) is 94.6 Å². The second-order valence-corrected chi connectivity index (χ2v) is 9.57. The lowest BCUT2D eigenvalue weighted by Crippen LogP contribution is -2.42. The van der Waals surface area contributed by atoms with Gasteiger partial charge in [0.05, 0.1) is 12.2 Å². The molecule has 10 heteroatoms. The van der Waals surface area contributed by atoms with E-state index in [2.05, 4.69) is 15.6 Å². The van der Waals surface area contributed by atoms with E-state index in [1.807, 2.05) is 0 Å². The zero-order chi connectivity index (χ0) is 17.3. The maximum atomic E-state index is 12.2. The van der Waals surface area contributed by atoms with Gasteiger partial charge in [0.25, 0.3) is 10.2 Å². The average molecular weight is 374 g/mol. The number of carbonyl (C=O) groups excluding carboxylic acids is 1. The van der Waals surface area contributed by atoms with Crippen molar-refractivity contribution in [3.8, 4) is 0 Å². The van der Waals surface area contributed by atoms with Crippen molar-refractivity contribution >= 4 is 32.7 Å². The van der Waals surface area contributed by atoms with E-state index in [1.165, 1.54) is 34.0 Å². The number of aromatic nitrogens is 1. The molecule has 3 rings (SSSR count). The van der Waals surface area contributed by atoms with Crippen molar-refractivity contribution < 1.29 is 13.2 Å². The second-order valence-electron chi connectivity index (χ2n) is 6.34. The molecule has 1 fully saturated rings. The first kappa shape index (κ1) is 17.6. The Labute approximate surface area is 146 Å². The van der Waals surface area contributed by atoms with E-state index in [9.17, 15) is 13.2 Å². The predicted molar refractivity (Wildman–Crippen MR) is 93.2 cm³/mol. The summed E-state index contributed by atoms with van der Waals surface area (Å²) in [4.78, 5) is 17.4. The molecule has 0 saturated heterocycles. The van der Waals surface area contributed by atoms with Crippen LogP contribution < -0.4 is 10.6 Å². The van der Waals surface area contributed by atoms with Gasteiger partial charge in [-0.15, -0.1) is 0 Å². The van der Waals surface area contributed by atoms with Gasteiger partial charge in [-0.2, -0.15) is 17.0 Å². The molecular formula is C14H23N5O3S2. The molecule has 134 valence electrons. The molecule has 24 heavy (non-hydrogen) atoms. The minimum Gasteiger partial charge on any atom is -0.335 e. The average Bonchev–Trinajstić information content (AvgIpc) is 3.14. The van der Waals surface area contributed by atoms with E-state index < -0.39 is 10.2 Å². The molecule has 1 aromatic heterocycles. The summed E-state index contributed by atoms with van der Waals surface area (Å²) in [5.41, 5.74) is 0.876. The number of hydrogen-bond acceptors (Lipinski definition) is 5. The predicted octanol–water partition coefficient (Wildman–Crippen LogP) is 1.37. The number of amides is 2. The van der Waals surface area contributed by atoms with Crippen LogP contribution in [0.1, 0.15) is 36.3 Å². The van der Waals surface area contributed by atoms with Crippen LogP contribution >= 0.6 is 11.3 Å². The quantitative estimate of drug-likeness (QED) is 0.833. The molecule has 1 aliphatic heterocycles. The van der Waals surface area contributed by atoms with E-state index in [4.69, 9.17) is 0 Å². The molecule has 0 atom stereocenters. The van der Waals surface area contributed by atoms with Gasteiger partial charge in [-0.1, -0.05) is 24.2 Å². The van der Waals surface area contributed by atoms with Crippen molar-refractivity contribution in [2.75, 3.05) is 26.0 Å². The van der Waals surface area contributed by atoms with Gasteiger partial charge in [0.1, 0.15) is 0 Å². The first-order valence-electron chi connectivity index (χ1n) is 8.10. The third-order valence-corrected chi connectivity index (χ3v) is 7.28. The van der Waals surface area contributed by atoms with E-state index in [1.54, 1.807) is 0 Å². The van der Waals surface area contributed by atoms with E-state index in [-0.39, 0.29) is 12.1 Å². The summed E-state index contributed by atoms with van der Waals surface area (Å²) in [5.74, 6) is 0. The Kier molecular flexibility index (Phi) is 5.09. The van der Waals surface area contributed by atoms with Gasteiger partial charge in [-0.25, -0.2) is 9.78 Å². The highest BCUT2D eigenvalue weighted by Crippen LogP contribution is 2.30. The van der Waals surface area contributed by atoms with Gasteiger partial charge < -0.3 is 5.32 Å². The molecule has 1 aromatic rings. The summed E-state index contributed by atoms with van der Waals surface area (Å²) in [6.45, 7) is 0.713. The Balaban J connectivity index is 1.63. The number of fused-ring (bicyclic) bond motifs is 1. The molecular weight excluding hydrogens is 350 g/mol. The first-order chi connectivity index (χ1) is 11.4. The lowest BCUT2D eigenvalue weighted by Gasteiger charge is -2.27. The number of hydrogen-bond donors (Lipinski definition) is 2. The fourth-order valence-electron chi connectivity index (χ4n) is 3.04. The van der Waals surface area contributed by atoms with Crippen LogP contribution in [0.3, 0.4) is 0 Å². The van der Waals surface area contributed by atoms with Crippen LogP contribution in [0.15, 0.2) is 0 Å². The second kappa shape index (κ2) is 6.95. The number of nitrogens with zero attached hydrogens (tertiary/aromatic N) is 3. The molecule has 0 radical (unpaired) electrons. The fourth-order valence-corrected chi connectivity index (χ4v) is 5.22. The van der Waals surface area contributed by atoms with Gasteiger partial charge in [0.15, 0.2) is 5.13 Å². The number of thiazole rings is 1. The zero-order valence-electron chi connectivity index (χ0n) is 13.9. The lowest BCUT2D eigenvalue weighted by molar-refractivity contribution is 0.248. The molecule has 1 aliphatic carbocycles. The van der Waals surface area contributed by atoms with Crippen molar-refractivity contribution in [3.63, 3.8) is 0 Å². The van der Waals surface area contributed by atoms with Crippen LogP contribution in [0.4, 0.5) is 9.93 Å². The lowest BCUT2D eigenvalue weighted by atomic mass is 10.2. The molecule has 1 saturated carbocycles. The third kappa shape index (κ3) is 3.71. The van der Waals surface area contributed by atoms with Gasteiger partial charge in [-0.05, 0) is 12.8 Å². The molecule has 0 unspecified atom stereocenters. The molecule has 2 amide bonds. The van der Waals surface area contributed by atoms with E-state index in [0.29, 0.717) is 24.6 Å². The van der Waals surface area contributed by atoms with Gasteiger partial charge >= 0.3 is 6.03 Å². The standard InChI is InChI=1S/C14H23N5O3S2/c1-18(2)24(21,22)19-8-7-11-12(9-19)23-14(16-11)17-13(20)15-10-5-3-4-6-10/h10H,3-9H2,1-2H3,(H2,15,16,17,20). The normalized spacial score (nSPS) is 19.5. The number of urea groups is 1. The van der Waals surface area contributed by atoms with Gasteiger partial charge in [0.2, 0.25) is 0 Å². The van der Waals surface area contributed by atoms with Crippen LogP contribution in [0.2, 0.25) is 0 Å². The van der Waals surface area contributed by atoms with Crippen LogP contribution in [0, 0.1) is 0 Å². The Morgan fingerprint density at radius 2 is 2.04 bits per heavy atom. The number of rotatable bonds is 4. The summed E-state index contributed by atoms with van der Waals surface area (Å²) in [6, 6.07) is 0.0195. The Morgan fingerprint density at radius 3 is 2.71 bits per heavy atom. The SMILES string of the molecule is CN(C)S(=O)(=O)N1CCc2nc(NC(=O)NC3CCCC3)sc2C1. The summed E-state index contributed by atoms with van der Waals surface area (Å²) in [7, 11) is -0.375. The zero-order valence-corrected chi connectivity index (χ0v) is 15.5. The van der Waals surface area contributed by atoms with Crippen molar-refractivity contribution in [1.29, 1.82) is 0 Å². The maximum Gasteiger partial charge on any atom is 0.321 e. The summed E-state index contributed by atoms with van der Waals surface area (Å²) in [5, 5.41) is 6.27. The van der Waals surface area contributed by atoms with Gasteiger partial charge in [-0.3, -0.25) is 5.32 Å². The molecule has 0 bridgehead atoms. The highest BCUT2D eigenvalue weighted by Gasteiger charge is 2.30. The van der Waals surface area contributed by atoms with Crippen molar-refractivity contribution in [3.05, 3.63) is 10.6 Å². The summed E-state index contributed by atoms with van der Waals surface area (Å²) in [6.07, 6.45) is 4.93. The molecule has 2 heterocycles. The van der Waals surface area contributed by atoms with Crippen LogP contribution in [0.5, 0.6) is 0 Å². The monoisotopic (exact) mass is 373 g/mol. The van der Waals surface area contributed by atoms with Crippen LogP contribution in [-0.4, -0.2) is 54.7 Å². The van der Waals surface area contributed by atoms with Crippen LogP contribution in [0.25, 0.3) is 0 Å². The van der Waals surface area contributed by atoms with Crippen molar-refractivity contribution in [1.82, 2.24) is 18.9 Å². The first-order valence-corrected chi connectivity index (χ1v) is 10.3. The van der Waals surface area contributed by atoms with Crippen LogP contribution in [-0.2, 0) is 23.2 Å². The molecule has 2 aliphatic rings. The highest BCUT2D eigenvalue weighted by molar-refractivity contribution is 7.86. The van der Waals surface area contributed by atoms with E-state index in [0.717, 1.165) is 36.3 Å². The Hall–Kier alpha value is -1.23. The summed E-state index contributed by atoms with van der Waals surface area (Å²) < 4.78 is 27.1. The minimum absolute atomic E-state index is 0.231. The fraction of sp³-hybridized carbons (Fsp3) is 0.714. The molecule has 8 nitrogen and oxygen atoms in total. The number of carbonyl (C=O) groups is 1. The van der Waals surface area contributed by atoms with E-state index >= 15 is 0 Å². The highest BCUT2D eigenvalue weighted by atomic mass is 32.2. The Morgan fingerprint density at radius 1 is 1.33 bits per heavy atom.